The van der Waals surface area contributed by atoms with Crippen LogP contribution in [0.1, 0.15) is 10.6 Å². The van der Waals surface area contributed by atoms with Gasteiger partial charge in [-0.25, -0.2) is 4.39 Å². The first-order valence-electron chi connectivity index (χ1n) is 5.17. The van der Waals surface area contributed by atoms with Gasteiger partial charge in [-0.15, -0.1) is 21.8 Å². The molecule has 0 aliphatic carbocycles. The molecule has 1 aromatic carbocycles. The van der Waals surface area contributed by atoms with Crippen molar-refractivity contribution in [1.29, 1.82) is 0 Å². The van der Waals surface area contributed by atoms with E-state index in [9.17, 15) is 17.6 Å². The summed E-state index contributed by atoms with van der Waals surface area (Å²) in [6, 6.07) is 2.21. The fourth-order valence-corrected chi connectivity index (χ4v) is 2.56. The van der Waals surface area contributed by atoms with E-state index in [-0.39, 0.29) is 10.6 Å². The van der Waals surface area contributed by atoms with Gasteiger partial charge in [-0.1, -0.05) is 11.3 Å². The van der Waals surface area contributed by atoms with Crippen molar-refractivity contribution in [3.8, 4) is 10.6 Å². The van der Waals surface area contributed by atoms with Crippen LogP contribution in [0.4, 0.5) is 17.6 Å². The van der Waals surface area contributed by atoms with Crippen molar-refractivity contribution >= 4 is 22.9 Å². The molecular weight excluding hydrogens is 304 g/mol. The number of hydrogen-bond donors (Lipinski definition) is 0. The number of nitrogens with zero attached hydrogens (tertiary/aromatic N) is 2. The van der Waals surface area contributed by atoms with Gasteiger partial charge in [-0.05, 0) is 18.2 Å². The number of benzene rings is 1. The molecule has 19 heavy (non-hydrogen) atoms. The number of halogens is 5. The van der Waals surface area contributed by atoms with Crippen molar-refractivity contribution in [2.45, 2.75) is 12.6 Å². The number of aryl methyl sites for hydroxylation is 1. The fourth-order valence-electron chi connectivity index (χ4n) is 1.41. The van der Waals surface area contributed by atoms with Crippen LogP contribution in [-0.4, -0.2) is 16.1 Å². The van der Waals surface area contributed by atoms with Crippen LogP contribution >= 0.6 is 22.9 Å². The van der Waals surface area contributed by atoms with E-state index >= 15 is 0 Å². The summed E-state index contributed by atoms with van der Waals surface area (Å²) in [7, 11) is 0. The van der Waals surface area contributed by atoms with E-state index in [4.69, 9.17) is 11.6 Å². The molecule has 1 heterocycles. The van der Waals surface area contributed by atoms with Crippen molar-refractivity contribution in [2.24, 2.45) is 0 Å². The monoisotopic (exact) mass is 310 g/mol. The third-order valence-corrected chi connectivity index (χ3v) is 3.50. The van der Waals surface area contributed by atoms with E-state index in [2.05, 4.69) is 10.2 Å². The summed E-state index contributed by atoms with van der Waals surface area (Å²) in [5, 5.41) is 8.11. The highest BCUT2D eigenvalue weighted by atomic mass is 35.5. The molecule has 0 amide bonds. The predicted octanol–water partition coefficient (Wildman–Crippen LogP) is 4.14. The van der Waals surface area contributed by atoms with Gasteiger partial charge in [0.05, 0.1) is 5.56 Å². The molecule has 8 heteroatoms. The summed E-state index contributed by atoms with van der Waals surface area (Å²) in [5.74, 6) is -0.443. The highest BCUT2D eigenvalue weighted by molar-refractivity contribution is 7.14. The van der Waals surface area contributed by atoms with Crippen LogP contribution in [0.25, 0.3) is 10.6 Å². The van der Waals surface area contributed by atoms with Gasteiger partial charge in [0.2, 0.25) is 0 Å². The summed E-state index contributed by atoms with van der Waals surface area (Å²) in [6.07, 6.45) is -4.08. The zero-order chi connectivity index (χ0) is 14.0. The molecule has 1 aromatic heterocycles. The van der Waals surface area contributed by atoms with Gasteiger partial charge in [0.15, 0.2) is 5.01 Å². The molecule has 2 nitrogen and oxygen atoms in total. The second kappa shape index (κ2) is 5.42. The van der Waals surface area contributed by atoms with Gasteiger partial charge in [-0.3, -0.25) is 0 Å². The molecule has 0 atom stereocenters. The molecule has 0 radical (unpaired) electrons. The normalized spacial score (nSPS) is 11.8. The highest BCUT2D eigenvalue weighted by Crippen LogP contribution is 2.34. The second-order valence-corrected chi connectivity index (χ2v) is 5.07. The van der Waals surface area contributed by atoms with E-state index in [0.29, 0.717) is 23.4 Å². The van der Waals surface area contributed by atoms with Gasteiger partial charge in [-0.2, -0.15) is 13.2 Å². The molecule has 102 valence electrons. The van der Waals surface area contributed by atoms with Crippen LogP contribution in [0.5, 0.6) is 0 Å². The molecule has 0 aliphatic heterocycles. The smallest absolute Gasteiger partial charge is 0.206 e. The number of hydrogen-bond acceptors (Lipinski definition) is 3. The minimum Gasteiger partial charge on any atom is -0.206 e. The lowest BCUT2D eigenvalue weighted by Gasteiger charge is -2.07. The van der Waals surface area contributed by atoms with Gasteiger partial charge in [0.1, 0.15) is 10.8 Å². The lowest BCUT2D eigenvalue weighted by molar-refractivity contribution is -0.137. The van der Waals surface area contributed by atoms with Crippen LogP contribution in [-0.2, 0) is 12.6 Å². The molecule has 0 bridgehead atoms. The van der Waals surface area contributed by atoms with Gasteiger partial charge < -0.3 is 0 Å². The Bertz CT molecular complexity index is 582. The first-order chi connectivity index (χ1) is 8.91. The molecule has 0 unspecified atom stereocenters. The topological polar surface area (TPSA) is 25.8 Å². The van der Waals surface area contributed by atoms with Crippen LogP contribution in [0.3, 0.4) is 0 Å². The minimum absolute atomic E-state index is 0.115. The van der Waals surface area contributed by atoms with Crippen molar-refractivity contribution in [3.63, 3.8) is 0 Å². The quantitative estimate of drug-likeness (QED) is 0.629. The van der Waals surface area contributed by atoms with E-state index in [1.54, 1.807) is 0 Å². The van der Waals surface area contributed by atoms with Crippen molar-refractivity contribution in [1.82, 2.24) is 10.2 Å². The molecule has 0 fully saturated rings. The largest absolute Gasteiger partial charge is 0.416 e. The van der Waals surface area contributed by atoms with Crippen LogP contribution in [0.15, 0.2) is 18.2 Å². The molecule has 0 saturated carbocycles. The Morgan fingerprint density at radius 3 is 2.58 bits per heavy atom. The highest BCUT2D eigenvalue weighted by Gasteiger charge is 2.31. The Labute approximate surface area is 115 Å². The van der Waals surface area contributed by atoms with E-state index in [1.165, 1.54) is 0 Å². The molecular formula is C11H7ClF4N2S. The Morgan fingerprint density at radius 2 is 1.95 bits per heavy atom. The zero-order valence-electron chi connectivity index (χ0n) is 9.34. The number of alkyl halides is 4. The van der Waals surface area contributed by atoms with Crippen LogP contribution in [0, 0.1) is 5.82 Å². The van der Waals surface area contributed by atoms with E-state index < -0.39 is 17.6 Å². The Hall–Kier alpha value is -1.21. The van der Waals surface area contributed by atoms with E-state index in [1.807, 2.05) is 0 Å². The third kappa shape index (κ3) is 3.22. The molecule has 0 saturated heterocycles. The molecule has 2 aromatic rings. The summed E-state index contributed by atoms with van der Waals surface area (Å²) in [6.45, 7) is 0. The Kier molecular flexibility index (Phi) is 4.05. The van der Waals surface area contributed by atoms with Gasteiger partial charge >= 0.3 is 6.18 Å². The molecule has 0 N–H and O–H groups in total. The minimum atomic E-state index is -4.52. The van der Waals surface area contributed by atoms with Crippen molar-refractivity contribution in [3.05, 3.63) is 34.6 Å². The predicted molar refractivity (Wildman–Crippen MR) is 64.7 cm³/mol. The van der Waals surface area contributed by atoms with Crippen LogP contribution < -0.4 is 0 Å². The molecule has 0 spiro atoms. The SMILES string of the molecule is Fc1ccc(C(F)(F)F)cc1-c1nnc(CCCl)s1. The first-order valence-corrected chi connectivity index (χ1v) is 6.52. The molecule has 0 aliphatic rings. The summed E-state index contributed by atoms with van der Waals surface area (Å²) in [4.78, 5) is 0. The maximum absolute atomic E-state index is 13.6. The van der Waals surface area contributed by atoms with Crippen LogP contribution in [0.2, 0.25) is 0 Å². The first kappa shape index (κ1) is 14.2. The fraction of sp³-hybridized carbons (Fsp3) is 0.273. The van der Waals surface area contributed by atoms with Gasteiger partial charge in [0, 0.05) is 17.9 Å². The Balaban J connectivity index is 2.42. The maximum atomic E-state index is 13.6. The van der Waals surface area contributed by atoms with Crippen molar-refractivity contribution < 1.29 is 17.6 Å². The average Bonchev–Trinajstić information content (AvgIpc) is 2.77. The second-order valence-electron chi connectivity index (χ2n) is 3.63. The summed E-state index contributed by atoms with van der Waals surface area (Å²) in [5.41, 5.74) is -1.12. The van der Waals surface area contributed by atoms with Gasteiger partial charge in [0.25, 0.3) is 0 Å². The van der Waals surface area contributed by atoms with Crippen molar-refractivity contribution in [2.75, 3.05) is 5.88 Å². The average molecular weight is 311 g/mol. The summed E-state index contributed by atoms with van der Waals surface area (Å²) < 4.78 is 51.3. The van der Waals surface area contributed by atoms with E-state index in [0.717, 1.165) is 23.5 Å². The lowest BCUT2D eigenvalue weighted by Crippen LogP contribution is -2.05. The molecule has 2 rings (SSSR count). The zero-order valence-corrected chi connectivity index (χ0v) is 10.9. The third-order valence-electron chi connectivity index (χ3n) is 2.30. The lowest BCUT2D eigenvalue weighted by atomic mass is 10.1. The number of aromatic nitrogens is 2. The standard InChI is InChI=1S/C11H7ClF4N2S/c12-4-3-9-17-18-10(19-9)7-5-6(11(14,15)16)1-2-8(7)13/h1-2,5H,3-4H2. The maximum Gasteiger partial charge on any atom is 0.416 e. The number of rotatable bonds is 3. The Morgan fingerprint density at radius 1 is 1.21 bits per heavy atom. The summed E-state index contributed by atoms with van der Waals surface area (Å²) >= 11 is 6.55.